The highest BCUT2D eigenvalue weighted by Crippen LogP contribution is 2.21. The van der Waals surface area contributed by atoms with Crippen molar-refractivity contribution in [3.63, 3.8) is 0 Å². The average Bonchev–Trinajstić information content (AvgIpc) is 3.11. The molecule has 7 heteroatoms. The first kappa shape index (κ1) is 17.1. The number of nitrogens with one attached hydrogen (secondary N) is 1. The highest BCUT2D eigenvalue weighted by molar-refractivity contribution is 5.94. The van der Waals surface area contributed by atoms with E-state index < -0.39 is 10.8 Å². The largest absolute Gasteiger partial charge is 0.455 e. The first-order valence-corrected chi connectivity index (χ1v) is 7.78. The van der Waals surface area contributed by atoms with E-state index in [-0.39, 0.29) is 11.3 Å². The lowest BCUT2D eigenvalue weighted by Gasteiger charge is -1.99. The van der Waals surface area contributed by atoms with Gasteiger partial charge in [-0.3, -0.25) is 14.9 Å². The lowest BCUT2D eigenvalue weighted by atomic mass is 10.1. The Hall–Kier alpha value is -3.74. The van der Waals surface area contributed by atoms with Crippen LogP contribution in [0.3, 0.4) is 0 Å². The number of rotatable bonds is 5. The van der Waals surface area contributed by atoms with Crippen molar-refractivity contribution in [3.05, 3.63) is 87.7 Å². The zero-order valence-corrected chi connectivity index (χ0v) is 13.9. The molecule has 0 aliphatic carbocycles. The summed E-state index contributed by atoms with van der Waals surface area (Å²) in [5, 5.41) is 14.4. The van der Waals surface area contributed by atoms with Crippen molar-refractivity contribution in [1.82, 2.24) is 5.43 Å². The van der Waals surface area contributed by atoms with Gasteiger partial charge in [-0.25, -0.2) is 5.43 Å². The van der Waals surface area contributed by atoms with Crippen LogP contribution in [0.15, 0.2) is 70.2 Å². The predicted molar refractivity (Wildman–Crippen MR) is 97.0 cm³/mol. The van der Waals surface area contributed by atoms with Crippen molar-refractivity contribution in [2.75, 3.05) is 0 Å². The molecule has 3 rings (SSSR count). The van der Waals surface area contributed by atoms with E-state index >= 15 is 0 Å². The molecule has 0 spiro atoms. The molecule has 0 aliphatic rings. The fraction of sp³-hybridized carbons (Fsp3) is 0.0526. The third-order valence-electron chi connectivity index (χ3n) is 3.66. The van der Waals surface area contributed by atoms with Crippen LogP contribution in [0.1, 0.15) is 21.7 Å². The molecule has 3 aromatic rings. The molecule has 26 heavy (non-hydrogen) atoms. The number of hydrogen-bond acceptors (Lipinski definition) is 5. The van der Waals surface area contributed by atoms with Gasteiger partial charge in [-0.15, -0.1) is 0 Å². The van der Waals surface area contributed by atoms with Gasteiger partial charge in [0.15, 0.2) is 0 Å². The second kappa shape index (κ2) is 7.43. The van der Waals surface area contributed by atoms with Gasteiger partial charge in [0.25, 0.3) is 11.6 Å². The Kier molecular flexibility index (Phi) is 4.89. The van der Waals surface area contributed by atoms with E-state index in [1.165, 1.54) is 30.5 Å². The van der Waals surface area contributed by atoms with Gasteiger partial charge in [0, 0.05) is 23.3 Å². The molecule has 0 fully saturated rings. The van der Waals surface area contributed by atoms with Gasteiger partial charge in [-0.2, -0.15) is 5.10 Å². The summed E-state index contributed by atoms with van der Waals surface area (Å²) in [7, 11) is 0. The minimum atomic E-state index is -0.525. The second-order valence-corrected chi connectivity index (χ2v) is 5.57. The van der Waals surface area contributed by atoms with Crippen molar-refractivity contribution >= 4 is 17.8 Å². The lowest BCUT2D eigenvalue weighted by molar-refractivity contribution is -0.384. The van der Waals surface area contributed by atoms with Gasteiger partial charge < -0.3 is 4.42 Å². The number of carbonyl (C=O) groups excluding carboxylic acids is 1. The molecule has 7 nitrogen and oxygen atoms in total. The van der Waals surface area contributed by atoms with Crippen LogP contribution in [-0.4, -0.2) is 17.0 Å². The van der Waals surface area contributed by atoms with Crippen molar-refractivity contribution in [2.24, 2.45) is 5.10 Å². The number of aryl methyl sites for hydroxylation is 1. The Labute approximate surface area is 149 Å². The molecule has 0 unspecified atom stereocenters. The molecular formula is C19H15N3O4. The normalized spacial score (nSPS) is 10.8. The molecule has 0 saturated heterocycles. The second-order valence-electron chi connectivity index (χ2n) is 5.57. The summed E-state index contributed by atoms with van der Waals surface area (Å²) in [6.07, 6.45) is 1.39. The average molecular weight is 349 g/mol. The van der Waals surface area contributed by atoms with E-state index in [9.17, 15) is 14.9 Å². The van der Waals surface area contributed by atoms with E-state index in [1.54, 1.807) is 6.07 Å². The summed E-state index contributed by atoms with van der Waals surface area (Å²) in [6, 6.07) is 16.7. The minimum absolute atomic E-state index is 0.0794. The third kappa shape index (κ3) is 4.02. The van der Waals surface area contributed by atoms with Crippen molar-refractivity contribution in [2.45, 2.75) is 6.92 Å². The Bertz CT molecular complexity index is 957. The number of hydrogen-bond donors (Lipinski definition) is 1. The quantitative estimate of drug-likeness (QED) is 0.429. The van der Waals surface area contributed by atoms with E-state index in [2.05, 4.69) is 10.5 Å². The molecule has 0 saturated carbocycles. The standard InChI is InChI=1S/C19H15N3O4/c1-13-2-4-14(5-3-13)18-11-10-17(26-18)12-20-21-19(23)15-6-8-16(9-7-15)22(24)25/h2-12H,1H3,(H,21,23)/b20-12+. The Morgan fingerprint density at radius 1 is 1.08 bits per heavy atom. The van der Waals surface area contributed by atoms with Crippen LogP contribution < -0.4 is 5.43 Å². The Morgan fingerprint density at radius 2 is 1.77 bits per heavy atom. The van der Waals surface area contributed by atoms with Gasteiger partial charge in [-0.05, 0) is 31.2 Å². The number of furan rings is 1. The third-order valence-corrected chi connectivity index (χ3v) is 3.66. The van der Waals surface area contributed by atoms with Gasteiger partial charge >= 0.3 is 0 Å². The van der Waals surface area contributed by atoms with Crippen LogP contribution in [0.5, 0.6) is 0 Å². The maximum absolute atomic E-state index is 11.9. The molecule has 1 N–H and O–H groups in total. The van der Waals surface area contributed by atoms with Crippen molar-refractivity contribution in [3.8, 4) is 11.3 Å². The number of nitrogens with zero attached hydrogens (tertiary/aromatic N) is 2. The number of amides is 1. The summed E-state index contributed by atoms with van der Waals surface area (Å²) in [4.78, 5) is 22.0. The van der Waals surface area contributed by atoms with Gasteiger partial charge in [0.1, 0.15) is 11.5 Å². The maximum atomic E-state index is 11.9. The number of benzene rings is 2. The molecule has 0 aliphatic heterocycles. The molecule has 1 amide bonds. The Balaban J connectivity index is 1.62. The van der Waals surface area contributed by atoms with Crippen LogP contribution in [0.4, 0.5) is 5.69 Å². The summed E-state index contributed by atoms with van der Waals surface area (Å²) < 4.78 is 5.66. The van der Waals surface area contributed by atoms with Crippen LogP contribution in [0.25, 0.3) is 11.3 Å². The summed E-state index contributed by atoms with van der Waals surface area (Å²) in [6.45, 7) is 2.01. The first-order valence-electron chi connectivity index (χ1n) is 7.78. The molecule has 130 valence electrons. The Morgan fingerprint density at radius 3 is 2.42 bits per heavy atom. The number of nitro groups is 1. The minimum Gasteiger partial charge on any atom is -0.455 e. The van der Waals surface area contributed by atoms with E-state index in [0.29, 0.717) is 11.5 Å². The zero-order chi connectivity index (χ0) is 18.5. The fourth-order valence-electron chi connectivity index (χ4n) is 2.25. The summed E-state index contributed by atoms with van der Waals surface area (Å²) in [5.41, 5.74) is 4.66. The van der Waals surface area contributed by atoms with Crippen LogP contribution >= 0.6 is 0 Å². The van der Waals surface area contributed by atoms with Crippen molar-refractivity contribution in [1.29, 1.82) is 0 Å². The van der Waals surface area contributed by atoms with Crippen molar-refractivity contribution < 1.29 is 14.1 Å². The van der Waals surface area contributed by atoms with E-state index in [0.717, 1.165) is 11.1 Å². The SMILES string of the molecule is Cc1ccc(-c2ccc(/C=N/NC(=O)c3ccc([N+](=O)[O-])cc3)o2)cc1. The van der Waals surface area contributed by atoms with E-state index in [1.807, 2.05) is 37.3 Å². The van der Waals surface area contributed by atoms with E-state index in [4.69, 9.17) is 4.42 Å². The predicted octanol–water partition coefficient (Wildman–Crippen LogP) is 3.93. The molecule has 0 bridgehead atoms. The van der Waals surface area contributed by atoms with Gasteiger partial charge in [-0.1, -0.05) is 29.8 Å². The highest BCUT2D eigenvalue weighted by atomic mass is 16.6. The first-order chi connectivity index (χ1) is 12.5. The van der Waals surface area contributed by atoms with Crippen LogP contribution in [-0.2, 0) is 0 Å². The topological polar surface area (TPSA) is 97.7 Å². The molecular weight excluding hydrogens is 334 g/mol. The molecule has 1 heterocycles. The zero-order valence-electron chi connectivity index (χ0n) is 13.9. The highest BCUT2D eigenvalue weighted by Gasteiger charge is 2.09. The maximum Gasteiger partial charge on any atom is 0.271 e. The molecule has 0 atom stereocenters. The van der Waals surface area contributed by atoms with Crippen LogP contribution in [0.2, 0.25) is 0 Å². The summed E-state index contributed by atoms with van der Waals surface area (Å²) >= 11 is 0. The number of nitro benzene ring substituents is 1. The monoisotopic (exact) mass is 349 g/mol. The lowest BCUT2D eigenvalue weighted by Crippen LogP contribution is -2.17. The van der Waals surface area contributed by atoms with Gasteiger partial charge in [0.05, 0.1) is 11.1 Å². The molecule has 2 aromatic carbocycles. The number of non-ortho nitro benzene ring substituents is 1. The molecule has 1 aromatic heterocycles. The summed E-state index contributed by atoms with van der Waals surface area (Å²) in [5.74, 6) is 0.721. The number of hydrazone groups is 1. The van der Waals surface area contributed by atoms with Crippen LogP contribution in [0, 0.1) is 17.0 Å². The fourth-order valence-corrected chi connectivity index (χ4v) is 2.25. The van der Waals surface area contributed by atoms with Gasteiger partial charge in [0.2, 0.25) is 0 Å². The number of carbonyl (C=O) groups is 1. The molecule has 0 radical (unpaired) electrons. The smallest absolute Gasteiger partial charge is 0.271 e.